The number of ether oxygens (including phenoxy) is 1. The van der Waals surface area contributed by atoms with Gasteiger partial charge in [-0.05, 0) is 37.6 Å². The molecule has 2 heterocycles. The number of aryl methyl sites for hydroxylation is 1. The molecule has 30 heavy (non-hydrogen) atoms. The minimum atomic E-state index is -0.162. The Morgan fingerprint density at radius 3 is 2.73 bits per heavy atom. The molecule has 2 aromatic rings. The summed E-state index contributed by atoms with van der Waals surface area (Å²) >= 11 is 6.36. The van der Waals surface area contributed by atoms with Gasteiger partial charge in [-0.25, -0.2) is 4.79 Å². The van der Waals surface area contributed by atoms with Crippen molar-refractivity contribution >= 4 is 29.2 Å². The normalized spacial score (nSPS) is 24.9. The second-order valence-electron chi connectivity index (χ2n) is 8.67. The van der Waals surface area contributed by atoms with Crippen LogP contribution in [0.15, 0.2) is 42.5 Å². The van der Waals surface area contributed by atoms with Crippen molar-refractivity contribution in [2.24, 2.45) is 0 Å². The second kappa shape index (κ2) is 8.05. The topological polar surface area (TPSA) is 46.6 Å². The first-order chi connectivity index (χ1) is 14.3. The summed E-state index contributed by atoms with van der Waals surface area (Å²) in [5, 5.41) is 0.471. The van der Waals surface area contributed by atoms with Gasteiger partial charge in [0.05, 0.1) is 49.3 Å². The number of benzene rings is 2. The number of amides is 1. The summed E-state index contributed by atoms with van der Waals surface area (Å²) in [4.78, 5) is 27.7. The van der Waals surface area contributed by atoms with Gasteiger partial charge in [-0.1, -0.05) is 41.4 Å². The van der Waals surface area contributed by atoms with Crippen LogP contribution in [0.25, 0.3) is 0 Å². The summed E-state index contributed by atoms with van der Waals surface area (Å²) in [6, 6.07) is 13.6. The fourth-order valence-electron chi connectivity index (χ4n) is 5.00. The smallest absolute Gasteiger partial charge is 0.361 e. The van der Waals surface area contributed by atoms with E-state index in [1.165, 1.54) is 11.1 Å². The predicted octanol–water partition coefficient (Wildman–Crippen LogP) is 4.17. The first kappa shape index (κ1) is 20.9. The molecule has 0 N–H and O–H groups in total. The maximum Gasteiger partial charge on any atom is 0.361 e. The number of carbonyl (C=O) groups excluding carboxylic acids is 2. The molecule has 5 nitrogen and oxygen atoms in total. The number of anilines is 1. The van der Waals surface area contributed by atoms with Crippen molar-refractivity contribution in [3.05, 3.63) is 64.2 Å². The third-order valence-corrected chi connectivity index (χ3v) is 6.71. The quantitative estimate of drug-likeness (QED) is 0.543. The maximum atomic E-state index is 13.6. The number of likely N-dealkylation sites (tertiary alicyclic amines) is 1. The fraction of sp³-hybridized carbons (Fsp3) is 0.417. The van der Waals surface area contributed by atoms with Gasteiger partial charge in [-0.2, -0.15) is 0 Å². The highest BCUT2D eigenvalue weighted by Crippen LogP contribution is 2.47. The Labute approximate surface area is 182 Å². The van der Waals surface area contributed by atoms with E-state index in [-0.39, 0.29) is 23.8 Å². The Hall–Kier alpha value is -2.37. The van der Waals surface area contributed by atoms with Crippen molar-refractivity contribution in [3.8, 4) is 0 Å². The van der Waals surface area contributed by atoms with E-state index in [2.05, 4.69) is 26.1 Å². The molecule has 0 spiro atoms. The van der Waals surface area contributed by atoms with E-state index in [0.29, 0.717) is 28.2 Å². The van der Waals surface area contributed by atoms with Crippen LogP contribution in [0, 0.1) is 6.92 Å². The van der Waals surface area contributed by atoms with E-state index in [4.69, 9.17) is 16.3 Å². The van der Waals surface area contributed by atoms with E-state index in [0.717, 1.165) is 25.2 Å². The number of likely N-dealkylation sites (N-methyl/N-ethyl adjacent to an activating group) is 1. The van der Waals surface area contributed by atoms with Crippen LogP contribution >= 0.6 is 11.6 Å². The van der Waals surface area contributed by atoms with Crippen LogP contribution in [-0.4, -0.2) is 55.7 Å². The Bertz CT molecular complexity index is 992. The van der Waals surface area contributed by atoms with Gasteiger partial charge in [0.25, 0.3) is 5.91 Å². The highest BCUT2D eigenvalue weighted by Gasteiger charge is 2.49. The molecule has 0 aromatic heterocycles. The van der Waals surface area contributed by atoms with Gasteiger partial charge in [-0.3, -0.25) is 4.79 Å². The molecule has 158 valence electrons. The van der Waals surface area contributed by atoms with Crippen LogP contribution in [0.4, 0.5) is 5.69 Å². The lowest BCUT2D eigenvalue weighted by Gasteiger charge is -2.43. The summed E-state index contributed by atoms with van der Waals surface area (Å²) in [6.07, 6.45) is 0.824. The van der Waals surface area contributed by atoms with Crippen LogP contribution in [0.1, 0.15) is 40.7 Å². The molecule has 0 radical (unpaired) electrons. The van der Waals surface area contributed by atoms with Crippen LogP contribution in [-0.2, 0) is 9.53 Å². The Morgan fingerprint density at radius 2 is 2.00 bits per heavy atom. The zero-order valence-corrected chi connectivity index (χ0v) is 18.5. The molecule has 6 heteroatoms. The van der Waals surface area contributed by atoms with Gasteiger partial charge in [0, 0.05) is 12.1 Å². The number of hydrogen-bond acceptors (Lipinski definition) is 3. The van der Waals surface area contributed by atoms with Gasteiger partial charge in [0.2, 0.25) is 0 Å². The average Bonchev–Trinajstić information content (AvgIpc) is 3.00. The summed E-state index contributed by atoms with van der Waals surface area (Å²) in [7, 11) is 2.11. The molecular weight excluding hydrogens is 400 g/mol. The standard InChI is InChI=1S/C24H28ClN2O3/c1-4-30-23(28)15-27(3)12-11-22-19(14-27)18-13-16(2)9-10-21(18)26(22)24(29)17-7-5-6-8-20(17)25/h5-10,13,19,22H,4,11-12,14-15H2,1-3H3/q+1/t19-,22+,27?/m0/s1. The van der Waals surface area contributed by atoms with Gasteiger partial charge in [0.15, 0.2) is 6.54 Å². The molecule has 2 aliphatic rings. The number of halogens is 1. The van der Waals surface area contributed by atoms with Crippen LogP contribution in [0.2, 0.25) is 5.02 Å². The average molecular weight is 428 g/mol. The lowest BCUT2D eigenvalue weighted by atomic mass is 9.87. The van der Waals surface area contributed by atoms with E-state index in [1.807, 2.05) is 30.0 Å². The second-order valence-corrected chi connectivity index (χ2v) is 9.08. The first-order valence-corrected chi connectivity index (χ1v) is 10.9. The first-order valence-electron chi connectivity index (χ1n) is 10.5. The number of hydrogen-bond donors (Lipinski definition) is 0. The highest BCUT2D eigenvalue weighted by atomic mass is 35.5. The SMILES string of the molecule is CCOC(=O)C[N+]1(C)CC[C@@H]2[C@@H](C1)c1cc(C)ccc1N2C(=O)c1ccccc1Cl. The summed E-state index contributed by atoms with van der Waals surface area (Å²) in [5.74, 6) is -0.0378. The number of fused-ring (bicyclic) bond motifs is 3. The number of esters is 1. The van der Waals surface area contributed by atoms with Gasteiger partial charge in [-0.15, -0.1) is 0 Å². The van der Waals surface area contributed by atoms with E-state index < -0.39 is 0 Å². The van der Waals surface area contributed by atoms with Crippen LogP contribution < -0.4 is 4.90 Å². The van der Waals surface area contributed by atoms with Gasteiger partial charge in [0.1, 0.15) is 0 Å². The minimum Gasteiger partial charge on any atom is -0.462 e. The highest BCUT2D eigenvalue weighted by molar-refractivity contribution is 6.34. The molecule has 3 atom stereocenters. The number of rotatable bonds is 4. The Morgan fingerprint density at radius 1 is 1.23 bits per heavy atom. The van der Waals surface area contributed by atoms with Crippen molar-refractivity contribution in [2.75, 3.05) is 38.2 Å². The van der Waals surface area contributed by atoms with Crippen LogP contribution in [0.3, 0.4) is 0 Å². The van der Waals surface area contributed by atoms with Gasteiger partial charge < -0.3 is 14.1 Å². The lowest BCUT2D eigenvalue weighted by Crippen LogP contribution is -2.58. The molecule has 4 rings (SSSR count). The molecule has 0 bridgehead atoms. The molecule has 0 saturated carbocycles. The third kappa shape index (κ3) is 3.72. The van der Waals surface area contributed by atoms with Crippen molar-refractivity contribution < 1.29 is 18.8 Å². The number of quaternary nitrogens is 1. The number of piperidine rings is 1. The van der Waals surface area contributed by atoms with E-state index in [9.17, 15) is 9.59 Å². The summed E-state index contributed by atoms with van der Waals surface area (Å²) < 4.78 is 5.83. The predicted molar refractivity (Wildman–Crippen MR) is 118 cm³/mol. The van der Waals surface area contributed by atoms with Crippen molar-refractivity contribution in [1.29, 1.82) is 0 Å². The Kier molecular flexibility index (Phi) is 5.60. The monoisotopic (exact) mass is 427 g/mol. The van der Waals surface area contributed by atoms with Crippen LogP contribution in [0.5, 0.6) is 0 Å². The number of carbonyl (C=O) groups is 2. The molecule has 1 amide bonds. The van der Waals surface area contributed by atoms with Crippen molar-refractivity contribution in [3.63, 3.8) is 0 Å². The zero-order chi connectivity index (χ0) is 21.5. The van der Waals surface area contributed by atoms with E-state index >= 15 is 0 Å². The van der Waals surface area contributed by atoms with Gasteiger partial charge >= 0.3 is 5.97 Å². The molecule has 1 fully saturated rings. The van der Waals surface area contributed by atoms with Crippen molar-refractivity contribution in [1.82, 2.24) is 0 Å². The third-order valence-electron chi connectivity index (χ3n) is 6.38. The van der Waals surface area contributed by atoms with E-state index in [1.54, 1.807) is 12.1 Å². The molecule has 2 aromatic carbocycles. The minimum absolute atomic E-state index is 0.0558. The fourth-order valence-corrected chi connectivity index (χ4v) is 5.22. The molecule has 1 unspecified atom stereocenters. The maximum absolute atomic E-state index is 13.6. The molecular formula is C24H28ClN2O3+. The Balaban J connectivity index is 1.69. The summed E-state index contributed by atoms with van der Waals surface area (Å²) in [6.45, 7) is 6.27. The number of nitrogens with zero attached hydrogens (tertiary/aromatic N) is 2. The molecule has 0 aliphatic carbocycles. The van der Waals surface area contributed by atoms with Crippen molar-refractivity contribution in [2.45, 2.75) is 32.2 Å². The zero-order valence-electron chi connectivity index (χ0n) is 17.7. The largest absolute Gasteiger partial charge is 0.462 e. The molecule has 1 saturated heterocycles. The summed E-state index contributed by atoms with van der Waals surface area (Å²) in [5.41, 5.74) is 3.85. The lowest BCUT2D eigenvalue weighted by molar-refractivity contribution is -0.908. The molecule has 2 aliphatic heterocycles.